The number of rotatable bonds is 6. The molecule has 2 N–H and O–H groups in total. The van der Waals surface area contributed by atoms with Crippen molar-refractivity contribution in [3.05, 3.63) is 60.2 Å². The van der Waals surface area contributed by atoms with Crippen LogP contribution in [0.25, 0.3) is 0 Å². The highest BCUT2D eigenvalue weighted by Crippen LogP contribution is 2.31. The molecular weight excluding hydrogens is 352 g/mol. The van der Waals surface area contributed by atoms with Gasteiger partial charge in [0.2, 0.25) is 5.91 Å². The van der Waals surface area contributed by atoms with Crippen LogP contribution in [0.2, 0.25) is 0 Å². The summed E-state index contributed by atoms with van der Waals surface area (Å²) in [6.07, 6.45) is 0.337. The first-order valence-corrected chi connectivity index (χ1v) is 8.64. The van der Waals surface area contributed by atoms with Crippen molar-refractivity contribution in [2.24, 2.45) is 5.73 Å². The molecule has 0 saturated heterocycles. The van der Waals surface area contributed by atoms with Crippen molar-refractivity contribution >= 4 is 18.3 Å². The molecule has 0 saturated carbocycles. The lowest BCUT2D eigenvalue weighted by Crippen LogP contribution is -2.50. The summed E-state index contributed by atoms with van der Waals surface area (Å²) in [7, 11) is 0. The van der Waals surface area contributed by atoms with Crippen LogP contribution in [-0.2, 0) is 11.2 Å². The van der Waals surface area contributed by atoms with Gasteiger partial charge in [0.05, 0.1) is 12.6 Å². The van der Waals surface area contributed by atoms with Crippen molar-refractivity contribution in [1.29, 1.82) is 0 Å². The van der Waals surface area contributed by atoms with Crippen molar-refractivity contribution in [2.45, 2.75) is 25.5 Å². The van der Waals surface area contributed by atoms with Gasteiger partial charge in [0, 0.05) is 6.54 Å². The van der Waals surface area contributed by atoms with Gasteiger partial charge in [-0.15, -0.1) is 12.4 Å². The summed E-state index contributed by atoms with van der Waals surface area (Å²) in [5.74, 6) is 1.40. The molecule has 2 unspecified atom stereocenters. The lowest BCUT2D eigenvalue weighted by molar-refractivity contribution is -0.134. The molecule has 0 radical (unpaired) electrons. The molecule has 6 heteroatoms. The molecule has 1 aliphatic rings. The molecule has 0 fully saturated rings. The van der Waals surface area contributed by atoms with Gasteiger partial charge >= 0.3 is 0 Å². The van der Waals surface area contributed by atoms with Gasteiger partial charge in [-0.25, -0.2) is 0 Å². The first-order valence-electron chi connectivity index (χ1n) is 8.64. The van der Waals surface area contributed by atoms with Gasteiger partial charge in [-0.1, -0.05) is 42.5 Å². The fourth-order valence-corrected chi connectivity index (χ4v) is 2.96. The van der Waals surface area contributed by atoms with Gasteiger partial charge in [-0.3, -0.25) is 4.79 Å². The van der Waals surface area contributed by atoms with Crippen molar-refractivity contribution in [3.63, 3.8) is 0 Å². The lowest BCUT2D eigenvalue weighted by Gasteiger charge is -2.32. The number of likely N-dealkylation sites (N-methyl/N-ethyl adjacent to an activating group) is 1. The fourth-order valence-electron chi connectivity index (χ4n) is 2.96. The molecule has 0 bridgehead atoms. The van der Waals surface area contributed by atoms with E-state index in [1.54, 1.807) is 4.90 Å². The Morgan fingerprint density at radius 1 is 1.15 bits per heavy atom. The van der Waals surface area contributed by atoms with Crippen LogP contribution in [0.15, 0.2) is 54.6 Å². The Hall–Kier alpha value is -2.24. The number of nitrogens with two attached hydrogens (primary N) is 1. The topological polar surface area (TPSA) is 64.8 Å². The third-order valence-electron chi connectivity index (χ3n) is 4.30. The van der Waals surface area contributed by atoms with E-state index in [0.29, 0.717) is 26.1 Å². The van der Waals surface area contributed by atoms with Gasteiger partial charge in [0.15, 0.2) is 17.6 Å². The lowest BCUT2D eigenvalue weighted by atomic mass is 10.1. The highest BCUT2D eigenvalue weighted by Gasteiger charge is 2.27. The van der Waals surface area contributed by atoms with E-state index in [1.165, 1.54) is 0 Å². The molecule has 0 aliphatic carbocycles. The number of fused-ring (bicyclic) bond motifs is 1. The number of hydrogen-bond acceptors (Lipinski definition) is 4. The number of halogens is 1. The number of benzene rings is 2. The zero-order valence-corrected chi connectivity index (χ0v) is 15.7. The van der Waals surface area contributed by atoms with Gasteiger partial charge in [0.25, 0.3) is 0 Å². The summed E-state index contributed by atoms with van der Waals surface area (Å²) in [6.45, 7) is 3.43. The van der Waals surface area contributed by atoms with E-state index in [2.05, 4.69) is 0 Å². The van der Waals surface area contributed by atoms with Gasteiger partial charge in [0.1, 0.15) is 6.61 Å². The normalized spacial score (nSPS) is 16.3. The average Bonchev–Trinajstić information content (AvgIpc) is 2.66. The van der Waals surface area contributed by atoms with Crippen LogP contribution in [-0.4, -0.2) is 42.6 Å². The highest BCUT2D eigenvalue weighted by atomic mass is 35.5. The Bertz CT molecular complexity index is 711. The predicted molar refractivity (Wildman–Crippen MR) is 104 cm³/mol. The van der Waals surface area contributed by atoms with Gasteiger partial charge in [-0.2, -0.15) is 0 Å². The minimum Gasteiger partial charge on any atom is -0.486 e. The zero-order chi connectivity index (χ0) is 17.6. The van der Waals surface area contributed by atoms with Crippen molar-refractivity contribution in [2.75, 3.05) is 19.7 Å². The standard InChI is InChI=1S/C20H24N2O3.ClH/c1-2-22(20(23)17(21)12-15-8-4-3-5-9-15)13-16-14-24-18-10-6-7-11-19(18)25-16;/h3-11,16-17H,2,12-14,21H2,1H3;1H. The quantitative estimate of drug-likeness (QED) is 0.841. The second-order valence-corrected chi connectivity index (χ2v) is 6.17. The average molecular weight is 377 g/mol. The molecule has 1 amide bonds. The molecule has 140 valence electrons. The number of nitrogens with zero attached hydrogens (tertiary/aromatic N) is 1. The van der Waals surface area contributed by atoms with Crippen LogP contribution in [0.4, 0.5) is 0 Å². The minimum absolute atomic E-state index is 0. The third kappa shape index (κ3) is 4.90. The Labute approximate surface area is 160 Å². The van der Waals surface area contributed by atoms with E-state index in [0.717, 1.165) is 17.1 Å². The van der Waals surface area contributed by atoms with E-state index >= 15 is 0 Å². The van der Waals surface area contributed by atoms with E-state index in [4.69, 9.17) is 15.2 Å². The Balaban J connectivity index is 0.00000243. The number of ether oxygens (including phenoxy) is 2. The summed E-state index contributed by atoms with van der Waals surface area (Å²) in [6, 6.07) is 16.8. The monoisotopic (exact) mass is 376 g/mol. The molecule has 1 aliphatic heterocycles. The van der Waals surface area contributed by atoms with E-state index in [-0.39, 0.29) is 24.4 Å². The maximum atomic E-state index is 12.7. The number of para-hydroxylation sites is 2. The molecule has 1 heterocycles. The molecule has 26 heavy (non-hydrogen) atoms. The Morgan fingerprint density at radius 2 is 1.81 bits per heavy atom. The van der Waals surface area contributed by atoms with E-state index in [1.807, 2.05) is 61.5 Å². The third-order valence-corrected chi connectivity index (χ3v) is 4.30. The van der Waals surface area contributed by atoms with Crippen LogP contribution in [0.5, 0.6) is 11.5 Å². The zero-order valence-electron chi connectivity index (χ0n) is 14.8. The maximum absolute atomic E-state index is 12.7. The van der Waals surface area contributed by atoms with Crippen LogP contribution in [0.1, 0.15) is 12.5 Å². The van der Waals surface area contributed by atoms with Crippen molar-refractivity contribution in [1.82, 2.24) is 4.90 Å². The summed E-state index contributed by atoms with van der Waals surface area (Å²) in [5, 5.41) is 0. The largest absolute Gasteiger partial charge is 0.486 e. The summed E-state index contributed by atoms with van der Waals surface area (Å²) < 4.78 is 11.7. The Morgan fingerprint density at radius 3 is 2.50 bits per heavy atom. The Kier molecular flexibility index (Phi) is 7.30. The minimum atomic E-state index is -0.556. The smallest absolute Gasteiger partial charge is 0.239 e. The maximum Gasteiger partial charge on any atom is 0.239 e. The molecule has 2 aromatic rings. The second kappa shape index (κ2) is 9.46. The molecule has 5 nitrogen and oxygen atoms in total. The van der Waals surface area contributed by atoms with Crippen LogP contribution in [0.3, 0.4) is 0 Å². The number of carbonyl (C=O) groups excluding carboxylic acids is 1. The predicted octanol–water partition coefficient (Wildman–Crippen LogP) is 2.67. The number of hydrogen-bond donors (Lipinski definition) is 1. The van der Waals surface area contributed by atoms with Gasteiger partial charge in [-0.05, 0) is 31.0 Å². The van der Waals surface area contributed by atoms with E-state index in [9.17, 15) is 4.79 Å². The first kappa shape index (κ1) is 20.1. The van der Waals surface area contributed by atoms with Crippen molar-refractivity contribution in [3.8, 4) is 11.5 Å². The first-order chi connectivity index (χ1) is 12.2. The highest BCUT2D eigenvalue weighted by molar-refractivity contribution is 5.85. The van der Waals surface area contributed by atoms with E-state index < -0.39 is 6.04 Å². The molecule has 0 aromatic heterocycles. The molecule has 2 aromatic carbocycles. The fraction of sp³-hybridized carbons (Fsp3) is 0.350. The SMILES string of the molecule is CCN(CC1COc2ccccc2O1)C(=O)C(N)Cc1ccccc1.Cl. The number of amides is 1. The van der Waals surface area contributed by atoms with Crippen LogP contribution >= 0.6 is 12.4 Å². The molecule has 0 spiro atoms. The second-order valence-electron chi connectivity index (χ2n) is 6.17. The summed E-state index contributed by atoms with van der Waals surface area (Å²) in [4.78, 5) is 14.4. The summed E-state index contributed by atoms with van der Waals surface area (Å²) >= 11 is 0. The number of carbonyl (C=O) groups is 1. The van der Waals surface area contributed by atoms with Gasteiger partial charge < -0.3 is 20.1 Å². The van der Waals surface area contributed by atoms with Crippen LogP contribution < -0.4 is 15.2 Å². The molecule has 3 rings (SSSR count). The summed E-state index contributed by atoms with van der Waals surface area (Å²) in [5.41, 5.74) is 7.20. The van der Waals surface area contributed by atoms with Crippen molar-refractivity contribution < 1.29 is 14.3 Å². The van der Waals surface area contributed by atoms with Crippen LogP contribution in [0, 0.1) is 0 Å². The molecular formula is C20H25ClN2O3. The molecule has 2 atom stereocenters.